The first-order valence-corrected chi connectivity index (χ1v) is 8.95. The molecular formula is C13H32Sb2. The van der Waals surface area contributed by atoms with Gasteiger partial charge in [0.05, 0.1) is 0 Å². The molecule has 0 aliphatic heterocycles. The third-order valence-corrected chi connectivity index (χ3v) is 3.97. The van der Waals surface area contributed by atoms with Gasteiger partial charge in [-0.1, -0.05) is 6.92 Å². The zero-order valence-corrected chi connectivity index (χ0v) is 18.1. The summed E-state index contributed by atoms with van der Waals surface area (Å²) in [6, 6.07) is 0. The molecule has 0 spiro atoms. The van der Waals surface area contributed by atoms with E-state index in [1.165, 1.54) is 98.0 Å². The van der Waals surface area contributed by atoms with Crippen LogP contribution in [0.25, 0.3) is 0 Å². The molecule has 0 nitrogen and oxygen atoms in total. The predicted octanol–water partition coefficient (Wildman–Crippen LogP) is 3.16. The monoisotopic (exact) mass is 430 g/mol. The predicted molar refractivity (Wildman–Crippen MR) is 79.8 cm³/mol. The van der Waals surface area contributed by atoms with E-state index in [2.05, 4.69) is 6.92 Å². The Balaban J connectivity index is 0. The minimum absolute atomic E-state index is 0. The van der Waals surface area contributed by atoms with E-state index in [1.807, 2.05) is 0 Å². The van der Waals surface area contributed by atoms with E-state index in [0.717, 1.165) is 0 Å². The molecule has 0 fully saturated rings. The van der Waals surface area contributed by atoms with Crippen LogP contribution >= 0.6 is 0 Å². The van der Waals surface area contributed by atoms with Gasteiger partial charge in [0, 0.05) is 0 Å². The third-order valence-electron chi connectivity index (χ3n) is 2.81. The zero-order chi connectivity index (χ0) is 10.5. The second kappa shape index (κ2) is 18.0. The van der Waals surface area contributed by atoms with Gasteiger partial charge in [-0.25, -0.2) is 0 Å². The molecule has 0 saturated carbocycles. The number of rotatable bonds is 11. The van der Waals surface area contributed by atoms with Gasteiger partial charge in [-0.05, 0) is 0 Å². The van der Waals surface area contributed by atoms with Gasteiger partial charge in [-0.2, -0.15) is 0 Å². The Bertz CT molecular complexity index is 82.5. The first-order chi connectivity index (χ1) is 6.91. The second-order valence-corrected chi connectivity index (χ2v) is 5.97. The van der Waals surface area contributed by atoms with E-state index in [4.69, 9.17) is 0 Å². The maximum atomic E-state index is 2.29. The van der Waals surface area contributed by atoms with E-state index in [1.54, 1.807) is 0 Å². The molecule has 0 rings (SSSR count). The van der Waals surface area contributed by atoms with E-state index in [-0.39, 0.29) is 24.4 Å². The van der Waals surface area contributed by atoms with Crippen LogP contribution in [0.15, 0.2) is 0 Å². The molecule has 0 aliphatic carbocycles. The van der Waals surface area contributed by atoms with Gasteiger partial charge in [0.2, 0.25) is 0 Å². The van der Waals surface area contributed by atoms with Crippen LogP contribution in [0.2, 0.25) is 4.37 Å². The Morgan fingerprint density at radius 2 is 0.933 bits per heavy atom. The molecule has 2 heteroatoms. The quantitative estimate of drug-likeness (QED) is 0.348. The Hall–Kier alpha value is 1.64. The average molecular weight is 432 g/mol. The van der Waals surface area contributed by atoms with Crippen LogP contribution in [0, 0.1) is 0 Å². The van der Waals surface area contributed by atoms with Crippen molar-refractivity contribution < 1.29 is 0 Å². The van der Waals surface area contributed by atoms with Gasteiger partial charge in [0.15, 0.2) is 0 Å². The Labute approximate surface area is 128 Å². The molecule has 0 N–H and O–H groups in total. The van der Waals surface area contributed by atoms with Gasteiger partial charge < -0.3 is 0 Å². The summed E-state index contributed by atoms with van der Waals surface area (Å²) in [6.07, 6.45) is 16.2. The van der Waals surface area contributed by atoms with Crippen molar-refractivity contribution in [3.8, 4) is 0 Å². The van der Waals surface area contributed by atoms with E-state index in [9.17, 15) is 0 Å². The summed E-state index contributed by atoms with van der Waals surface area (Å²) >= 11 is 1.47. The summed E-state index contributed by atoms with van der Waals surface area (Å²) in [4.78, 5) is 0. The van der Waals surface area contributed by atoms with Crippen molar-refractivity contribution in [1.82, 2.24) is 0 Å². The topological polar surface area (TPSA) is 0 Å². The summed E-state index contributed by atoms with van der Waals surface area (Å²) in [5.74, 6) is 0. The van der Waals surface area contributed by atoms with Crippen LogP contribution in [0.1, 0.15) is 77.6 Å². The van der Waals surface area contributed by atoms with Gasteiger partial charge >= 0.3 is 122 Å². The molecule has 94 valence electrons. The Morgan fingerprint density at radius 3 is 1.27 bits per heavy atom. The van der Waals surface area contributed by atoms with Crippen molar-refractivity contribution in [3.63, 3.8) is 0 Å². The molecule has 0 aromatic rings. The van der Waals surface area contributed by atoms with E-state index in [0.29, 0.717) is 0 Å². The van der Waals surface area contributed by atoms with Crippen LogP contribution in [0.3, 0.4) is 0 Å². The summed E-state index contributed by atoms with van der Waals surface area (Å²) in [5.41, 5.74) is 0. The van der Waals surface area contributed by atoms with Crippen molar-refractivity contribution in [2.75, 3.05) is 0 Å². The Kier molecular flexibility index (Phi) is 22.8. The number of unbranched alkanes of at least 4 members (excludes halogenated alkanes) is 10. The van der Waals surface area contributed by atoms with Crippen molar-refractivity contribution >= 4 is 47.4 Å². The van der Waals surface area contributed by atoms with Crippen LogP contribution in [-0.4, -0.2) is 47.4 Å². The van der Waals surface area contributed by atoms with Crippen LogP contribution < -0.4 is 0 Å². The molecule has 0 unspecified atom stereocenters. The minimum atomic E-state index is 0. The van der Waals surface area contributed by atoms with Crippen molar-refractivity contribution in [2.24, 2.45) is 0 Å². The molecule has 0 amide bonds. The normalized spacial score (nSPS) is 10.0. The zero-order valence-electron chi connectivity index (χ0n) is 10.8. The summed E-state index contributed by atoms with van der Waals surface area (Å²) < 4.78 is 1.50. The molecule has 0 bridgehead atoms. The number of hydrogen-bond donors (Lipinski definition) is 0. The molecule has 0 heterocycles. The van der Waals surface area contributed by atoms with Gasteiger partial charge in [-0.3, -0.25) is 0 Å². The van der Waals surface area contributed by atoms with Crippen LogP contribution in [0.4, 0.5) is 0 Å². The molecule has 15 heavy (non-hydrogen) atoms. The third kappa shape index (κ3) is 18.2. The maximum absolute atomic E-state index is 2.29. The number of hydrogen-bond acceptors (Lipinski definition) is 0. The molecule has 0 aromatic heterocycles. The fourth-order valence-electron chi connectivity index (χ4n) is 1.81. The SMILES string of the molecule is CCCCCCCCCCCC[CH2][SbH2].[SbH3]. The molecule has 0 saturated heterocycles. The second-order valence-electron chi connectivity index (χ2n) is 4.32. The van der Waals surface area contributed by atoms with E-state index >= 15 is 0 Å². The van der Waals surface area contributed by atoms with Crippen molar-refractivity contribution in [3.05, 3.63) is 0 Å². The summed E-state index contributed by atoms with van der Waals surface area (Å²) in [5, 5.41) is 0. The first kappa shape index (κ1) is 19.0. The molecular weight excluding hydrogens is 400 g/mol. The summed E-state index contributed by atoms with van der Waals surface area (Å²) in [7, 11) is 0. The summed E-state index contributed by atoms with van der Waals surface area (Å²) in [6.45, 7) is 2.29. The van der Waals surface area contributed by atoms with Crippen LogP contribution in [-0.2, 0) is 0 Å². The standard InChI is InChI=1S/C13H27.2Sb.5H/c1-3-5-7-9-11-13-12-10-8-6-4-2;;;;;;;/h1,3-13H2,2H3;;;;;;;. The fourth-order valence-corrected chi connectivity index (χ4v) is 2.63. The molecule has 0 radical (unpaired) electrons. The van der Waals surface area contributed by atoms with Gasteiger partial charge in [0.25, 0.3) is 0 Å². The molecule has 0 aliphatic rings. The van der Waals surface area contributed by atoms with Crippen molar-refractivity contribution in [2.45, 2.75) is 81.9 Å². The van der Waals surface area contributed by atoms with E-state index < -0.39 is 0 Å². The fraction of sp³-hybridized carbons (Fsp3) is 1.00. The molecule has 0 atom stereocenters. The molecule has 0 aromatic carbocycles. The Morgan fingerprint density at radius 1 is 0.600 bits per heavy atom. The van der Waals surface area contributed by atoms with Crippen molar-refractivity contribution in [1.29, 1.82) is 0 Å². The average Bonchev–Trinajstić information content (AvgIpc) is 2.21. The van der Waals surface area contributed by atoms with Crippen LogP contribution in [0.5, 0.6) is 0 Å². The van der Waals surface area contributed by atoms with Gasteiger partial charge in [0.1, 0.15) is 0 Å². The van der Waals surface area contributed by atoms with Gasteiger partial charge in [-0.15, -0.1) is 0 Å². The first-order valence-electron chi connectivity index (χ1n) is 6.62.